The van der Waals surface area contributed by atoms with Gasteiger partial charge in [0, 0.05) is 10.7 Å². The summed E-state index contributed by atoms with van der Waals surface area (Å²) in [5.41, 5.74) is 7.53. The van der Waals surface area contributed by atoms with Crippen molar-refractivity contribution in [2.45, 2.75) is 6.92 Å². The number of benzene rings is 2. The lowest BCUT2D eigenvalue weighted by atomic mass is 10.2. The van der Waals surface area contributed by atoms with Crippen LogP contribution in [-0.2, 0) is 4.79 Å². The molecule has 0 saturated carbocycles. The molecule has 2 aromatic carbocycles. The molecule has 1 amide bonds. The van der Waals surface area contributed by atoms with E-state index in [1.54, 1.807) is 36.4 Å². The van der Waals surface area contributed by atoms with E-state index >= 15 is 0 Å². The average molecular weight is 325 g/mol. The highest BCUT2D eigenvalue weighted by atomic mass is 35.5. The SMILES string of the molecule is Cc1cc(OCC(=O)Nc2ccc(Cl)c(N)c2)ccc1Cl. The van der Waals surface area contributed by atoms with Gasteiger partial charge in [-0.25, -0.2) is 0 Å². The van der Waals surface area contributed by atoms with E-state index in [1.165, 1.54) is 0 Å². The first-order chi connectivity index (χ1) is 9.95. The van der Waals surface area contributed by atoms with E-state index in [-0.39, 0.29) is 12.5 Å². The van der Waals surface area contributed by atoms with E-state index in [9.17, 15) is 4.79 Å². The quantitative estimate of drug-likeness (QED) is 0.838. The van der Waals surface area contributed by atoms with Crippen LogP contribution >= 0.6 is 23.2 Å². The molecule has 0 aliphatic heterocycles. The van der Waals surface area contributed by atoms with Crippen LogP contribution in [0, 0.1) is 6.92 Å². The molecule has 0 atom stereocenters. The number of rotatable bonds is 4. The first-order valence-electron chi connectivity index (χ1n) is 6.19. The Morgan fingerprint density at radius 3 is 2.57 bits per heavy atom. The molecule has 0 bridgehead atoms. The number of nitrogens with two attached hydrogens (primary N) is 1. The maximum Gasteiger partial charge on any atom is 0.262 e. The molecule has 0 heterocycles. The van der Waals surface area contributed by atoms with Crippen molar-refractivity contribution in [3.63, 3.8) is 0 Å². The van der Waals surface area contributed by atoms with Gasteiger partial charge in [-0.15, -0.1) is 0 Å². The molecule has 4 nitrogen and oxygen atoms in total. The van der Waals surface area contributed by atoms with Crippen LogP contribution in [0.25, 0.3) is 0 Å². The van der Waals surface area contributed by atoms with Crippen LogP contribution in [-0.4, -0.2) is 12.5 Å². The Hall–Kier alpha value is -1.91. The molecule has 3 N–H and O–H groups in total. The van der Waals surface area contributed by atoms with E-state index in [0.717, 1.165) is 5.56 Å². The number of nitrogen functional groups attached to an aromatic ring is 1. The monoisotopic (exact) mass is 324 g/mol. The summed E-state index contributed by atoms with van der Waals surface area (Å²) in [6.07, 6.45) is 0. The summed E-state index contributed by atoms with van der Waals surface area (Å²) in [5.74, 6) is 0.298. The van der Waals surface area contributed by atoms with Crippen molar-refractivity contribution in [2.24, 2.45) is 0 Å². The molecule has 0 spiro atoms. The summed E-state index contributed by atoms with van der Waals surface area (Å²) in [7, 11) is 0. The Balaban J connectivity index is 1.92. The van der Waals surface area contributed by atoms with E-state index in [2.05, 4.69) is 5.32 Å². The summed E-state index contributed by atoms with van der Waals surface area (Å²) in [6.45, 7) is 1.76. The van der Waals surface area contributed by atoms with Gasteiger partial charge in [-0.1, -0.05) is 23.2 Å². The van der Waals surface area contributed by atoms with Crippen molar-refractivity contribution in [3.8, 4) is 5.75 Å². The summed E-state index contributed by atoms with van der Waals surface area (Å²) in [5, 5.41) is 3.78. The minimum absolute atomic E-state index is 0.108. The number of halogens is 2. The van der Waals surface area contributed by atoms with Crippen molar-refractivity contribution in [1.29, 1.82) is 0 Å². The predicted molar refractivity (Wildman–Crippen MR) is 86.2 cm³/mol. The average Bonchev–Trinajstić information content (AvgIpc) is 2.44. The Labute approximate surface area is 132 Å². The second-order valence-corrected chi connectivity index (χ2v) is 5.30. The minimum Gasteiger partial charge on any atom is -0.484 e. The Bertz CT molecular complexity index is 675. The zero-order valence-electron chi connectivity index (χ0n) is 11.3. The summed E-state index contributed by atoms with van der Waals surface area (Å²) in [4.78, 5) is 11.8. The summed E-state index contributed by atoms with van der Waals surface area (Å²) in [6, 6.07) is 10.1. The molecule has 0 aliphatic carbocycles. The van der Waals surface area contributed by atoms with Crippen LogP contribution in [0.4, 0.5) is 11.4 Å². The van der Waals surface area contributed by atoms with Gasteiger partial charge in [0.25, 0.3) is 5.91 Å². The van der Waals surface area contributed by atoms with Crippen LogP contribution in [0.5, 0.6) is 5.75 Å². The van der Waals surface area contributed by atoms with Crippen LogP contribution < -0.4 is 15.8 Å². The van der Waals surface area contributed by atoms with Gasteiger partial charge in [0.05, 0.1) is 10.7 Å². The van der Waals surface area contributed by atoms with Crippen molar-refractivity contribution < 1.29 is 9.53 Å². The lowest BCUT2D eigenvalue weighted by molar-refractivity contribution is -0.118. The van der Waals surface area contributed by atoms with Gasteiger partial charge in [0.15, 0.2) is 6.61 Å². The van der Waals surface area contributed by atoms with Crippen LogP contribution in [0.2, 0.25) is 10.0 Å². The second kappa shape index (κ2) is 6.70. The minimum atomic E-state index is -0.288. The molecule has 21 heavy (non-hydrogen) atoms. The Morgan fingerprint density at radius 2 is 1.90 bits per heavy atom. The first-order valence-corrected chi connectivity index (χ1v) is 6.95. The molecule has 2 aromatic rings. The zero-order chi connectivity index (χ0) is 15.4. The van der Waals surface area contributed by atoms with Crippen molar-refractivity contribution >= 4 is 40.5 Å². The molecular weight excluding hydrogens is 311 g/mol. The van der Waals surface area contributed by atoms with Crippen LogP contribution in [0.15, 0.2) is 36.4 Å². The predicted octanol–water partition coefficient (Wildman–Crippen LogP) is 3.90. The Morgan fingerprint density at radius 1 is 1.19 bits per heavy atom. The third-order valence-corrected chi connectivity index (χ3v) is 3.55. The fourth-order valence-electron chi connectivity index (χ4n) is 1.67. The number of ether oxygens (including phenoxy) is 1. The smallest absolute Gasteiger partial charge is 0.262 e. The lowest BCUT2D eigenvalue weighted by Gasteiger charge is -2.09. The molecule has 0 aliphatic rings. The highest BCUT2D eigenvalue weighted by Gasteiger charge is 2.06. The van der Waals surface area contributed by atoms with E-state index < -0.39 is 0 Å². The Kier molecular flexibility index (Phi) is 4.94. The first kappa shape index (κ1) is 15.5. The molecule has 6 heteroatoms. The topological polar surface area (TPSA) is 64.3 Å². The van der Waals surface area contributed by atoms with Crippen molar-refractivity contribution in [2.75, 3.05) is 17.7 Å². The van der Waals surface area contributed by atoms with Gasteiger partial charge >= 0.3 is 0 Å². The van der Waals surface area contributed by atoms with E-state index in [4.69, 9.17) is 33.7 Å². The number of carbonyl (C=O) groups is 1. The third-order valence-electron chi connectivity index (χ3n) is 2.78. The number of hydrogen-bond donors (Lipinski definition) is 2. The number of nitrogens with one attached hydrogen (secondary N) is 1. The third kappa shape index (κ3) is 4.28. The van der Waals surface area contributed by atoms with Crippen LogP contribution in [0.3, 0.4) is 0 Å². The van der Waals surface area contributed by atoms with E-state index in [0.29, 0.717) is 27.2 Å². The molecule has 110 valence electrons. The number of anilines is 2. The van der Waals surface area contributed by atoms with Gasteiger partial charge in [-0.3, -0.25) is 4.79 Å². The molecule has 0 saturated heterocycles. The van der Waals surface area contributed by atoms with Gasteiger partial charge in [-0.2, -0.15) is 0 Å². The largest absolute Gasteiger partial charge is 0.484 e. The standard InChI is InChI=1S/C15H14Cl2N2O2/c1-9-6-11(3-5-12(9)16)21-8-15(20)19-10-2-4-13(17)14(18)7-10/h2-7H,8,18H2,1H3,(H,19,20). The van der Waals surface area contributed by atoms with E-state index in [1.807, 2.05) is 6.92 Å². The fourth-order valence-corrected chi connectivity index (χ4v) is 1.91. The number of carbonyl (C=O) groups excluding carboxylic acids is 1. The van der Waals surface area contributed by atoms with Gasteiger partial charge in [0.1, 0.15) is 5.75 Å². The molecule has 0 aromatic heterocycles. The maximum atomic E-state index is 11.8. The van der Waals surface area contributed by atoms with Gasteiger partial charge < -0.3 is 15.8 Å². The summed E-state index contributed by atoms with van der Waals surface area (Å²) < 4.78 is 5.40. The zero-order valence-corrected chi connectivity index (χ0v) is 12.8. The second-order valence-electron chi connectivity index (χ2n) is 4.48. The maximum absolute atomic E-state index is 11.8. The van der Waals surface area contributed by atoms with Gasteiger partial charge in [-0.05, 0) is 48.9 Å². The van der Waals surface area contributed by atoms with Crippen LogP contribution in [0.1, 0.15) is 5.56 Å². The number of amides is 1. The molecule has 0 fully saturated rings. The summed E-state index contributed by atoms with van der Waals surface area (Å²) >= 11 is 11.7. The molecular formula is C15H14Cl2N2O2. The molecule has 0 radical (unpaired) electrons. The number of hydrogen-bond acceptors (Lipinski definition) is 3. The van der Waals surface area contributed by atoms with Gasteiger partial charge in [0.2, 0.25) is 0 Å². The highest BCUT2D eigenvalue weighted by Crippen LogP contribution is 2.23. The molecule has 2 rings (SSSR count). The normalized spacial score (nSPS) is 10.2. The van der Waals surface area contributed by atoms with Crippen molar-refractivity contribution in [1.82, 2.24) is 0 Å². The highest BCUT2D eigenvalue weighted by molar-refractivity contribution is 6.33. The van der Waals surface area contributed by atoms with Crippen molar-refractivity contribution in [3.05, 3.63) is 52.0 Å². The molecule has 0 unspecified atom stereocenters. The fraction of sp³-hybridized carbons (Fsp3) is 0.133. The lowest BCUT2D eigenvalue weighted by Crippen LogP contribution is -2.20. The number of aryl methyl sites for hydroxylation is 1.